The molecule has 0 unspecified atom stereocenters. The monoisotopic (exact) mass is 150 g/mol. The van der Waals surface area contributed by atoms with Gasteiger partial charge in [-0.05, 0) is 18.2 Å². The van der Waals surface area contributed by atoms with Gasteiger partial charge in [0.05, 0.1) is 5.57 Å². The van der Waals surface area contributed by atoms with Gasteiger partial charge in [-0.3, -0.25) is 0 Å². The van der Waals surface area contributed by atoms with E-state index in [1.54, 1.807) is 0 Å². The van der Waals surface area contributed by atoms with Crippen molar-refractivity contribution in [2.45, 2.75) is 0 Å². The average molecular weight is 150 g/mol. The first-order valence-corrected chi connectivity index (χ1v) is 2.97. The van der Waals surface area contributed by atoms with E-state index in [0.717, 1.165) is 0 Å². The van der Waals surface area contributed by atoms with Gasteiger partial charge in [0, 0.05) is 6.08 Å². The molecule has 56 valence electrons. The zero-order chi connectivity index (χ0) is 8.27. The molecule has 1 aliphatic carbocycles. The summed E-state index contributed by atoms with van der Waals surface area (Å²) in [5.41, 5.74) is 2.61. The van der Waals surface area contributed by atoms with Crippen LogP contribution in [-0.2, 0) is 4.79 Å². The fourth-order valence-electron chi connectivity index (χ4n) is 0.621. The molecule has 1 rings (SSSR count). The molecule has 0 heterocycles. The Bertz CT molecular complexity index is 301. The van der Waals surface area contributed by atoms with Gasteiger partial charge in [0.2, 0.25) is 0 Å². The van der Waals surface area contributed by atoms with Crippen LogP contribution in [0.4, 0.5) is 0 Å². The third kappa shape index (κ3) is 1.85. The Kier molecular flexibility index (Phi) is 1.95. The van der Waals surface area contributed by atoms with Gasteiger partial charge >= 0.3 is 5.97 Å². The van der Waals surface area contributed by atoms with E-state index >= 15 is 0 Å². The Morgan fingerprint density at radius 3 is 2.73 bits per heavy atom. The molecular weight excluding hydrogens is 144 g/mol. The Labute approximate surface area is 63.3 Å². The SMILES string of the molecule is O=C(O)C1=CC=C(O)C=C=C1. The van der Waals surface area contributed by atoms with E-state index in [9.17, 15) is 4.79 Å². The Morgan fingerprint density at radius 2 is 2.09 bits per heavy atom. The summed E-state index contributed by atoms with van der Waals surface area (Å²) in [6.45, 7) is 0. The molecule has 11 heavy (non-hydrogen) atoms. The topological polar surface area (TPSA) is 57.5 Å². The fourth-order valence-corrected chi connectivity index (χ4v) is 0.621. The molecule has 0 radical (unpaired) electrons. The molecule has 0 aromatic carbocycles. The molecule has 0 spiro atoms. The van der Waals surface area contributed by atoms with Crippen molar-refractivity contribution in [3.8, 4) is 0 Å². The van der Waals surface area contributed by atoms with Crippen LogP contribution < -0.4 is 0 Å². The van der Waals surface area contributed by atoms with E-state index in [0.29, 0.717) is 0 Å². The maximum Gasteiger partial charge on any atom is 0.336 e. The van der Waals surface area contributed by atoms with Crippen LogP contribution in [0.5, 0.6) is 0 Å². The molecule has 0 saturated carbocycles. The number of aliphatic hydroxyl groups excluding tert-OH is 1. The molecule has 0 amide bonds. The van der Waals surface area contributed by atoms with Crippen molar-refractivity contribution in [3.63, 3.8) is 0 Å². The summed E-state index contributed by atoms with van der Waals surface area (Å²) < 4.78 is 0. The van der Waals surface area contributed by atoms with Crippen molar-refractivity contribution < 1.29 is 15.0 Å². The maximum absolute atomic E-state index is 10.3. The van der Waals surface area contributed by atoms with Crippen LogP contribution in [0.25, 0.3) is 0 Å². The van der Waals surface area contributed by atoms with Crippen LogP contribution in [0.1, 0.15) is 0 Å². The summed E-state index contributed by atoms with van der Waals surface area (Å²) in [6.07, 6.45) is 5.21. The molecule has 0 aromatic rings. The van der Waals surface area contributed by atoms with E-state index in [-0.39, 0.29) is 11.3 Å². The number of carbonyl (C=O) groups is 1. The van der Waals surface area contributed by atoms with Crippen molar-refractivity contribution in [3.05, 3.63) is 41.4 Å². The third-order valence-electron chi connectivity index (χ3n) is 1.15. The third-order valence-corrected chi connectivity index (χ3v) is 1.15. The molecular formula is C8H6O3. The number of hydrogen-bond acceptors (Lipinski definition) is 2. The fraction of sp³-hybridized carbons (Fsp3) is 0. The van der Waals surface area contributed by atoms with Crippen molar-refractivity contribution in [2.24, 2.45) is 0 Å². The molecule has 1 aliphatic rings. The van der Waals surface area contributed by atoms with E-state index in [1.807, 2.05) is 0 Å². The molecule has 0 aliphatic heterocycles. The lowest BCUT2D eigenvalue weighted by Gasteiger charge is -1.87. The van der Waals surface area contributed by atoms with Gasteiger partial charge < -0.3 is 10.2 Å². The maximum atomic E-state index is 10.3. The molecule has 0 atom stereocenters. The minimum absolute atomic E-state index is 0.00231. The lowest BCUT2D eigenvalue weighted by Crippen LogP contribution is -1.95. The highest BCUT2D eigenvalue weighted by molar-refractivity contribution is 5.90. The van der Waals surface area contributed by atoms with Crippen LogP contribution in [0, 0.1) is 0 Å². The van der Waals surface area contributed by atoms with Gasteiger partial charge in [-0.15, -0.1) is 5.73 Å². The van der Waals surface area contributed by atoms with Crippen molar-refractivity contribution >= 4 is 5.97 Å². The number of allylic oxidation sites excluding steroid dienone is 3. The second kappa shape index (κ2) is 2.90. The summed E-state index contributed by atoms with van der Waals surface area (Å²) in [5.74, 6) is -1.03. The number of carboxylic acids is 1. The molecule has 3 nitrogen and oxygen atoms in total. The zero-order valence-electron chi connectivity index (χ0n) is 5.61. The number of hydrogen-bond donors (Lipinski definition) is 2. The Balaban J connectivity index is 3.03. The summed E-state index contributed by atoms with van der Waals surface area (Å²) in [6, 6.07) is 0. The van der Waals surface area contributed by atoms with E-state index < -0.39 is 5.97 Å². The van der Waals surface area contributed by atoms with Crippen LogP contribution in [0.3, 0.4) is 0 Å². The van der Waals surface area contributed by atoms with Gasteiger partial charge in [0.15, 0.2) is 0 Å². The van der Waals surface area contributed by atoms with Crippen LogP contribution in [0.15, 0.2) is 41.4 Å². The molecule has 0 saturated heterocycles. The van der Waals surface area contributed by atoms with Gasteiger partial charge in [0.25, 0.3) is 0 Å². The summed E-state index contributed by atoms with van der Waals surface area (Å²) in [4.78, 5) is 10.3. The number of aliphatic carboxylic acids is 1. The number of rotatable bonds is 1. The minimum Gasteiger partial charge on any atom is -0.507 e. The van der Waals surface area contributed by atoms with Gasteiger partial charge in [0.1, 0.15) is 5.76 Å². The van der Waals surface area contributed by atoms with E-state index in [1.165, 1.54) is 24.3 Å². The van der Waals surface area contributed by atoms with Crippen LogP contribution >= 0.6 is 0 Å². The van der Waals surface area contributed by atoms with Gasteiger partial charge in [-0.1, -0.05) is 0 Å². The quantitative estimate of drug-likeness (QED) is 0.551. The summed E-state index contributed by atoms with van der Waals surface area (Å²) in [7, 11) is 0. The standard InChI is InChI=1S/C8H6O3/c9-7-3-1-2-6(4-5-7)8(10)11/h2-5,9H,(H,10,11). The molecule has 2 N–H and O–H groups in total. The molecule has 3 heteroatoms. The number of aliphatic hydroxyl groups is 1. The van der Waals surface area contributed by atoms with Gasteiger partial charge in [-0.2, -0.15) is 0 Å². The lowest BCUT2D eigenvalue weighted by molar-refractivity contribution is -0.132. The van der Waals surface area contributed by atoms with E-state index in [4.69, 9.17) is 10.2 Å². The van der Waals surface area contributed by atoms with E-state index in [2.05, 4.69) is 5.73 Å². The molecule has 0 bridgehead atoms. The smallest absolute Gasteiger partial charge is 0.336 e. The van der Waals surface area contributed by atoms with Crippen LogP contribution in [0.2, 0.25) is 0 Å². The second-order valence-electron chi connectivity index (χ2n) is 1.97. The predicted octanol–water partition coefficient (Wildman–Crippen LogP) is 1.16. The highest BCUT2D eigenvalue weighted by atomic mass is 16.4. The van der Waals surface area contributed by atoms with Gasteiger partial charge in [-0.25, -0.2) is 4.79 Å². The first kappa shape index (κ1) is 7.38. The Hall–Kier alpha value is -1.73. The highest BCUT2D eigenvalue weighted by Crippen LogP contribution is 2.03. The summed E-state index contributed by atoms with van der Waals surface area (Å²) >= 11 is 0. The second-order valence-corrected chi connectivity index (χ2v) is 1.97. The first-order valence-electron chi connectivity index (χ1n) is 2.97. The minimum atomic E-state index is -1.03. The normalized spacial score (nSPS) is 15.3. The van der Waals surface area contributed by atoms with Crippen molar-refractivity contribution in [1.82, 2.24) is 0 Å². The lowest BCUT2D eigenvalue weighted by atomic mass is 10.2. The molecule has 0 aromatic heterocycles. The summed E-state index contributed by atoms with van der Waals surface area (Å²) in [5, 5.41) is 17.4. The number of carboxylic acid groups (broad SMARTS) is 1. The van der Waals surface area contributed by atoms with Crippen molar-refractivity contribution in [1.29, 1.82) is 0 Å². The largest absolute Gasteiger partial charge is 0.507 e. The van der Waals surface area contributed by atoms with Crippen molar-refractivity contribution in [2.75, 3.05) is 0 Å². The zero-order valence-corrected chi connectivity index (χ0v) is 5.61. The highest BCUT2D eigenvalue weighted by Gasteiger charge is 2.01. The van der Waals surface area contributed by atoms with Crippen LogP contribution in [-0.4, -0.2) is 16.2 Å². The molecule has 0 fully saturated rings. The first-order chi connectivity index (χ1) is 5.20. The average Bonchev–Trinajstić information content (AvgIpc) is 2.13. The Morgan fingerprint density at radius 1 is 1.36 bits per heavy atom. The predicted molar refractivity (Wildman–Crippen MR) is 39.1 cm³/mol.